The third-order valence-electron chi connectivity index (χ3n) is 2.94. The molecule has 19 heavy (non-hydrogen) atoms. The minimum absolute atomic E-state index is 0.116. The first kappa shape index (κ1) is 16.1. The molecule has 0 aliphatic carbocycles. The van der Waals surface area contributed by atoms with Crippen LogP contribution in [0.3, 0.4) is 0 Å². The van der Waals surface area contributed by atoms with Crippen molar-refractivity contribution in [2.75, 3.05) is 13.2 Å². The number of hydrogen-bond donors (Lipinski definition) is 3. The first-order valence-electron chi connectivity index (χ1n) is 6.10. The van der Waals surface area contributed by atoms with Crippen molar-refractivity contribution in [3.8, 4) is 0 Å². The Morgan fingerprint density at radius 2 is 1.63 bits per heavy atom. The fraction of sp³-hybridized carbons (Fsp3) is 0.538. The van der Waals surface area contributed by atoms with E-state index in [1.54, 1.807) is 12.1 Å². The van der Waals surface area contributed by atoms with Crippen LogP contribution >= 0.6 is 0 Å². The normalized spacial score (nSPS) is 12.9. The predicted octanol–water partition coefficient (Wildman–Crippen LogP) is 0.832. The SMILES string of the molecule is CC(C)c1ccc(S(=O)(=O)NC(C)(CO)CO)cc1. The summed E-state index contributed by atoms with van der Waals surface area (Å²) >= 11 is 0. The van der Waals surface area contributed by atoms with Gasteiger partial charge in [0.25, 0.3) is 0 Å². The van der Waals surface area contributed by atoms with E-state index in [4.69, 9.17) is 10.2 Å². The van der Waals surface area contributed by atoms with Crippen molar-refractivity contribution >= 4 is 10.0 Å². The number of sulfonamides is 1. The molecule has 3 N–H and O–H groups in total. The molecule has 0 unspecified atom stereocenters. The molecule has 0 spiro atoms. The maximum Gasteiger partial charge on any atom is 0.241 e. The van der Waals surface area contributed by atoms with Gasteiger partial charge in [0.15, 0.2) is 0 Å². The summed E-state index contributed by atoms with van der Waals surface area (Å²) in [5.74, 6) is 0.324. The van der Waals surface area contributed by atoms with Gasteiger partial charge in [-0.15, -0.1) is 0 Å². The molecule has 0 amide bonds. The predicted molar refractivity (Wildman–Crippen MR) is 73.4 cm³/mol. The lowest BCUT2D eigenvalue weighted by Gasteiger charge is -2.25. The molecule has 0 fully saturated rings. The second kappa shape index (κ2) is 6.00. The molecule has 1 rings (SSSR count). The molecular formula is C13H21NO4S. The van der Waals surface area contributed by atoms with Crippen molar-refractivity contribution in [1.82, 2.24) is 4.72 Å². The maximum absolute atomic E-state index is 12.1. The molecule has 5 nitrogen and oxygen atoms in total. The van der Waals surface area contributed by atoms with Crippen LogP contribution in [-0.4, -0.2) is 37.4 Å². The van der Waals surface area contributed by atoms with E-state index in [1.807, 2.05) is 13.8 Å². The Morgan fingerprint density at radius 3 is 2.00 bits per heavy atom. The number of aliphatic hydroxyl groups is 2. The zero-order valence-electron chi connectivity index (χ0n) is 11.4. The highest BCUT2D eigenvalue weighted by molar-refractivity contribution is 7.89. The van der Waals surface area contributed by atoms with Crippen molar-refractivity contribution in [3.05, 3.63) is 29.8 Å². The average molecular weight is 287 g/mol. The van der Waals surface area contributed by atoms with E-state index in [2.05, 4.69) is 4.72 Å². The topological polar surface area (TPSA) is 86.6 Å². The molecule has 0 bridgehead atoms. The maximum atomic E-state index is 12.1. The van der Waals surface area contributed by atoms with E-state index in [-0.39, 0.29) is 4.90 Å². The van der Waals surface area contributed by atoms with Crippen LogP contribution in [0.15, 0.2) is 29.2 Å². The summed E-state index contributed by atoms with van der Waals surface area (Å²) in [6, 6.07) is 6.56. The molecule has 0 heterocycles. The highest BCUT2D eigenvalue weighted by Crippen LogP contribution is 2.18. The first-order chi connectivity index (χ1) is 8.74. The van der Waals surface area contributed by atoms with Crippen LogP contribution < -0.4 is 4.72 Å². The van der Waals surface area contributed by atoms with Gasteiger partial charge in [-0.25, -0.2) is 13.1 Å². The van der Waals surface area contributed by atoms with Crippen molar-refractivity contribution in [3.63, 3.8) is 0 Å². The van der Waals surface area contributed by atoms with Gasteiger partial charge in [0.1, 0.15) is 0 Å². The molecule has 0 aliphatic heterocycles. The molecule has 0 atom stereocenters. The second-order valence-corrected chi connectivity index (χ2v) is 6.89. The van der Waals surface area contributed by atoms with E-state index in [1.165, 1.54) is 19.1 Å². The fourth-order valence-electron chi connectivity index (χ4n) is 1.53. The zero-order chi connectivity index (χ0) is 14.7. The molecule has 0 aromatic heterocycles. The van der Waals surface area contributed by atoms with Crippen LogP contribution in [0.2, 0.25) is 0 Å². The number of benzene rings is 1. The Kier molecular flexibility index (Phi) is 5.09. The summed E-state index contributed by atoms with van der Waals surface area (Å²) in [5, 5.41) is 18.3. The van der Waals surface area contributed by atoms with Gasteiger partial charge in [-0.2, -0.15) is 0 Å². The van der Waals surface area contributed by atoms with Gasteiger partial charge in [0.2, 0.25) is 10.0 Å². The van der Waals surface area contributed by atoms with Gasteiger partial charge >= 0.3 is 0 Å². The summed E-state index contributed by atoms with van der Waals surface area (Å²) in [5.41, 5.74) is -0.221. The number of hydrogen-bond acceptors (Lipinski definition) is 4. The van der Waals surface area contributed by atoms with Crippen LogP contribution in [0.1, 0.15) is 32.3 Å². The van der Waals surface area contributed by atoms with Gasteiger partial charge in [0.05, 0.1) is 23.6 Å². The van der Waals surface area contributed by atoms with Crippen molar-refractivity contribution in [2.24, 2.45) is 0 Å². The van der Waals surface area contributed by atoms with Crippen LogP contribution in [-0.2, 0) is 10.0 Å². The average Bonchev–Trinajstić information content (AvgIpc) is 2.38. The Hall–Kier alpha value is -0.950. The Balaban J connectivity index is 3.01. The minimum Gasteiger partial charge on any atom is -0.394 e. The Morgan fingerprint density at radius 1 is 1.16 bits per heavy atom. The van der Waals surface area contributed by atoms with Crippen LogP contribution in [0.4, 0.5) is 0 Å². The standard InChI is InChI=1S/C13H21NO4S/c1-10(2)11-4-6-12(7-5-11)19(17,18)14-13(3,8-15)9-16/h4-7,10,14-16H,8-9H2,1-3H3. The van der Waals surface area contributed by atoms with Gasteiger partial charge < -0.3 is 10.2 Å². The molecule has 0 saturated carbocycles. The van der Waals surface area contributed by atoms with E-state index < -0.39 is 28.8 Å². The number of aliphatic hydroxyl groups excluding tert-OH is 2. The monoisotopic (exact) mass is 287 g/mol. The quantitative estimate of drug-likeness (QED) is 0.723. The lowest BCUT2D eigenvalue weighted by molar-refractivity contribution is 0.122. The minimum atomic E-state index is -3.75. The van der Waals surface area contributed by atoms with Gasteiger partial charge in [-0.3, -0.25) is 0 Å². The third-order valence-corrected chi connectivity index (χ3v) is 4.59. The van der Waals surface area contributed by atoms with Gasteiger partial charge in [0, 0.05) is 0 Å². The molecule has 0 saturated heterocycles. The van der Waals surface area contributed by atoms with Crippen molar-refractivity contribution in [1.29, 1.82) is 0 Å². The summed E-state index contributed by atoms with van der Waals surface area (Å²) in [4.78, 5) is 0.116. The largest absolute Gasteiger partial charge is 0.394 e. The molecular weight excluding hydrogens is 266 g/mol. The molecule has 1 aromatic carbocycles. The van der Waals surface area contributed by atoms with Crippen LogP contribution in [0, 0.1) is 0 Å². The lowest BCUT2D eigenvalue weighted by atomic mass is 10.0. The van der Waals surface area contributed by atoms with E-state index in [9.17, 15) is 8.42 Å². The first-order valence-corrected chi connectivity index (χ1v) is 7.58. The van der Waals surface area contributed by atoms with Crippen molar-refractivity contribution in [2.45, 2.75) is 37.1 Å². The Bertz CT molecular complexity index is 504. The zero-order valence-corrected chi connectivity index (χ0v) is 12.2. The van der Waals surface area contributed by atoms with E-state index in [0.717, 1.165) is 5.56 Å². The summed E-state index contributed by atoms with van der Waals surface area (Å²) < 4.78 is 26.5. The molecule has 6 heteroatoms. The lowest BCUT2D eigenvalue weighted by Crippen LogP contribution is -2.51. The van der Waals surface area contributed by atoms with Gasteiger partial charge in [-0.1, -0.05) is 26.0 Å². The molecule has 0 radical (unpaired) electrons. The number of nitrogens with one attached hydrogen (secondary N) is 1. The number of rotatable bonds is 6. The smallest absolute Gasteiger partial charge is 0.241 e. The fourth-order valence-corrected chi connectivity index (χ4v) is 2.92. The molecule has 108 valence electrons. The summed E-state index contributed by atoms with van der Waals surface area (Å²) in [6.45, 7) is 4.53. The van der Waals surface area contributed by atoms with E-state index in [0.29, 0.717) is 5.92 Å². The van der Waals surface area contributed by atoms with Crippen molar-refractivity contribution < 1.29 is 18.6 Å². The van der Waals surface area contributed by atoms with E-state index >= 15 is 0 Å². The summed E-state index contributed by atoms with van der Waals surface area (Å²) in [6.07, 6.45) is 0. The molecule has 0 aliphatic rings. The van der Waals surface area contributed by atoms with Crippen LogP contribution in [0.5, 0.6) is 0 Å². The second-order valence-electron chi connectivity index (χ2n) is 5.21. The Labute approximate surface area is 114 Å². The van der Waals surface area contributed by atoms with Gasteiger partial charge in [-0.05, 0) is 30.5 Å². The summed E-state index contributed by atoms with van der Waals surface area (Å²) in [7, 11) is -3.75. The van der Waals surface area contributed by atoms with Crippen LogP contribution in [0.25, 0.3) is 0 Å². The third kappa shape index (κ3) is 4.01. The highest BCUT2D eigenvalue weighted by Gasteiger charge is 2.29. The highest BCUT2D eigenvalue weighted by atomic mass is 32.2. The molecule has 1 aromatic rings.